The van der Waals surface area contributed by atoms with Crippen molar-refractivity contribution >= 4 is 35.0 Å². The van der Waals surface area contributed by atoms with Crippen LogP contribution >= 0.6 is 11.8 Å². The second-order valence-corrected chi connectivity index (χ2v) is 9.05. The maximum absolute atomic E-state index is 13.5. The van der Waals surface area contributed by atoms with Crippen LogP contribution in [-0.2, 0) is 16.0 Å². The molecule has 2 amide bonds. The molecule has 1 aliphatic heterocycles. The predicted octanol–water partition coefficient (Wildman–Crippen LogP) is 5.37. The molecule has 0 aliphatic carbocycles. The predicted molar refractivity (Wildman–Crippen MR) is 133 cm³/mol. The van der Waals surface area contributed by atoms with E-state index in [1.54, 1.807) is 24.3 Å². The van der Waals surface area contributed by atoms with E-state index in [2.05, 4.69) is 5.32 Å². The van der Waals surface area contributed by atoms with Gasteiger partial charge in [0, 0.05) is 11.4 Å². The van der Waals surface area contributed by atoms with Crippen LogP contribution in [0.25, 0.3) is 0 Å². The van der Waals surface area contributed by atoms with Crippen molar-refractivity contribution in [3.8, 4) is 6.07 Å². The van der Waals surface area contributed by atoms with Crippen LogP contribution in [0.3, 0.4) is 0 Å². The average molecular weight is 454 g/mol. The van der Waals surface area contributed by atoms with Crippen LogP contribution in [0.4, 0.5) is 11.4 Å². The quantitative estimate of drug-likeness (QED) is 0.416. The lowest BCUT2D eigenvalue weighted by atomic mass is 10.0. The van der Waals surface area contributed by atoms with Crippen LogP contribution in [0.5, 0.6) is 0 Å². The van der Waals surface area contributed by atoms with E-state index in [1.807, 2.05) is 74.5 Å². The first-order valence-electron chi connectivity index (χ1n) is 10.6. The van der Waals surface area contributed by atoms with Gasteiger partial charge in [-0.1, -0.05) is 71.9 Å². The number of hydrogen-bond donors (Lipinski definition) is 1. The minimum atomic E-state index is -0.535. The van der Waals surface area contributed by atoms with Crippen LogP contribution < -0.4 is 10.2 Å². The summed E-state index contributed by atoms with van der Waals surface area (Å²) in [7, 11) is 0. The zero-order chi connectivity index (χ0) is 23.4. The van der Waals surface area contributed by atoms with E-state index in [0.717, 1.165) is 16.7 Å². The van der Waals surface area contributed by atoms with Crippen LogP contribution in [0.2, 0.25) is 0 Å². The summed E-state index contributed by atoms with van der Waals surface area (Å²) in [4.78, 5) is 28.1. The lowest BCUT2D eigenvalue weighted by molar-refractivity contribution is -0.117. The highest BCUT2D eigenvalue weighted by Gasteiger charge is 2.41. The van der Waals surface area contributed by atoms with E-state index in [9.17, 15) is 14.9 Å². The SMILES string of the molecule is Cc1ccc(N2C(=O)[C@H](Cc3ccccc3C)S/C2=C(\C#N)C(=O)Nc2ccccc2)cc1. The number of nitrogens with one attached hydrogen (secondary N) is 1. The van der Waals surface area contributed by atoms with Gasteiger partial charge in [-0.05, 0) is 55.7 Å². The zero-order valence-corrected chi connectivity index (χ0v) is 19.2. The number of carbonyl (C=O) groups is 2. The topological polar surface area (TPSA) is 73.2 Å². The van der Waals surface area contributed by atoms with Gasteiger partial charge in [-0.15, -0.1) is 0 Å². The van der Waals surface area contributed by atoms with Crippen molar-refractivity contribution < 1.29 is 9.59 Å². The highest BCUT2D eigenvalue weighted by molar-refractivity contribution is 8.05. The molecule has 164 valence electrons. The van der Waals surface area contributed by atoms with E-state index >= 15 is 0 Å². The lowest BCUT2D eigenvalue weighted by Gasteiger charge is -2.19. The van der Waals surface area contributed by atoms with Crippen molar-refractivity contribution in [2.45, 2.75) is 25.5 Å². The van der Waals surface area contributed by atoms with Crippen molar-refractivity contribution in [3.05, 3.63) is 106 Å². The highest BCUT2D eigenvalue weighted by atomic mass is 32.2. The number of carbonyl (C=O) groups excluding carboxylic acids is 2. The standard InChI is InChI=1S/C27H23N3O2S/c1-18-12-14-22(15-13-18)30-26(32)24(16-20-9-7-6-8-19(20)2)33-27(30)23(17-28)25(31)29-21-10-4-3-5-11-21/h3-15,24H,16H2,1-2H3,(H,29,31)/b27-23+/t24-/m0/s1. The van der Waals surface area contributed by atoms with Gasteiger partial charge in [0.05, 0.1) is 5.25 Å². The van der Waals surface area contributed by atoms with Gasteiger partial charge in [0.25, 0.3) is 5.91 Å². The number of hydrogen-bond acceptors (Lipinski definition) is 4. The van der Waals surface area contributed by atoms with Crippen molar-refractivity contribution in [1.82, 2.24) is 0 Å². The summed E-state index contributed by atoms with van der Waals surface area (Å²) in [6.07, 6.45) is 0.515. The summed E-state index contributed by atoms with van der Waals surface area (Å²) < 4.78 is 0. The Balaban J connectivity index is 1.74. The van der Waals surface area contributed by atoms with Gasteiger partial charge >= 0.3 is 0 Å². The van der Waals surface area contributed by atoms with Crippen LogP contribution in [0, 0.1) is 25.2 Å². The molecule has 1 atom stereocenters. The minimum absolute atomic E-state index is 0.0786. The lowest BCUT2D eigenvalue weighted by Crippen LogP contribution is -2.31. The van der Waals surface area contributed by atoms with E-state index in [4.69, 9.17) is 0 Å². The van der Waals surface area contributed by atoms with Crippen LogP contribution in [-0.4, -0.2) is 17.1 Å². The molecule has 0 radical (unpaired) electrons. The van der Waals surface area contributed by atoms with Gasteiger partial charge in [0.1, 0.15) is 16.7 Å². The maximum Gasteiger partial charge on any atom is 0.269 e. The molecule has 0 bridgehead atoms. The largest absolute Gasteiger partial charge is 0.321 e. The molecule has 1 aliphatic rings. The number of amides is 2. The molecule has 0 aromatic heterocycles. The molecule has 3 aromatic rings. The van der Waals surface area contributed by atoms with Crippen molar-refractivity contribution in [1.29, 1.82) is 5.26 Å². The van der Waals surface area contributed by atoms with E-state index in [0.29, 0.717) is 22.8 Å². The maximum atomic E-state index is 13.5. The van der Waals surface area contributed by atoms with E-state index < -0.39 is 11.2 Å². The molecule has 1 N–H and O–H groups in total. The van der Waals surface area contributed by atoms with Crippen molar-refractivity contribution in [3.63, 3.8) is 0 Å². The summed E-state index contributed by atoms with van der Waals surface area (Å²) in [6, 6.07) is 26.5. The molecule has 4 rings (SSSR count). The Morgan fingerprint density at radius 3 is 2.33 bits per heavy atom. The summed E-state index contributed by atoms with van der Waals surface area (Å²) in [5, 5.41) is 12.6. The number of anilines is 2. The summed E-state index contributed by atoms with van der Waals surface area (Å²) >= 11 is 1.27. The summed E-state index contributed by atoms with van der Waals surface area (Å²) in [5.74, 6) is -0.671. The van der Waals surface area contributed by atoms with E-state index in [1.165, 1.54) is 16.7 Å². The van der Waals surface area contributed by atoms with Crippen molar-refractivity contribution in [2.24, 2.45) is 0 Å². The first-order valence-corrected chi connectivity index (χ1v) is 11.5. The number of benzene rings is 3. The number of rotatable bonds is 5. The smallest absolute Gasteiger partial charge is 0.269 e. The molecule has 0 saturated carbocycles. The van der Waals surface area contributed by atoms with Gasteiger partial charge in [0.2, 0.25) is 5.91 Å². The van der Waals surface area contributed by atoms with Crippen molar-refractivity contribution in [2.75, 3.05) is 10.2 Å². The molecular formula is C27H23N3O2S. The fourth-order valence-electron chi connectivity index (χ4n) is 3.67. The monoisotopic (exact) mass is 453 g/mol. The Morgan fingerprint density at radius 2 is 1.67 bits per heavy atom. The molecule has 5 nitrogen and oxygen atoms in total. The Kier molecular flexibility index (Phi) is 6.62. The Bertz CT molecular complexity index is 1260. The van der Waals surface area contributed by atoms with Gasteiger partial charge in [0.15, 0.2) is 0 Å². The number of nitriles is 1. The number of aryl methyl sites for hydroxylation is 2. The average Bonchev–Trinajstić information content (AvgIpc) is 3.12. The first kappa shape index (κ1) is 22.4. The van der Waals surface area contributed by atoms with Gasteiger partial charge in [-0.3, -0.25) is 14.5 Å². The van der Waals surface area contributed by atoms with E-state index in [-0.39, 0.29) is 11.5 Å². The summed E-state index contributed by atoms with van der Waals surface area (Å²) in [5.41, 5.74) is 4.38. The minimum Gasteiger partial charge on any atom is -0.321 e. The third-order valence-corrected chi connectivity index (χ3v) is 6.76. The summed E-state index contributed by atoms with van der Waals surface area (Å²) in [6.45, 7) is 3.98. The molecular weight excluding hydrogens is 430 g/mol. The molecule has 6 heteroatoms. The fourth-order valence-corrected chi connectivity index (χ4v) is 4.97. The molecule has 1 saturated heterocycles. The van der Waals surface area contributed by atoms with Gasteiger partial charge in [-0.25, -0.2) is 0 Å². The third kappa shape index (κ3) is 4.84. The highest BCUT2D eigenvalue weighted by Crippen LogP contribution is 2.42. The number of para-hydroxylation sites is 1. The Hall–Kier alpha value is -3.82. The first-order chi connectivity index (χ1) is 16.0. The second kappa shape index (κ2) is 9.76. The normalized spacial score (nSPS) is 16.9. The van der Waals surface area contributed by atoms with Gasteiger partial charge < -0.3 is 5.32 Å². The van der Waals surface area contributed by atoms with Gasteiger partial charge in [-0.2, -0.15) is 5.26 Å². The van der Waals surface area contributed by atoms with Crippen LogP contribution in [0.15, 0.2) is 89.5 Å². The van der Waals surface area contributed by atoms with Crippen LogP contribution in [0.1, 0.15) is 16.7 Å². The molecule has 1 heterocycles. The molecule has 3 aromatic carbocycles. The fraction of sp³-hybridized carbons (Fsp3) is 0.148. The molecule has 33 heavy (non-hydrogen) atoms. The molecule has 0 spiro atoms. The zero-order valence-electron chi connectivity index (χ0n) is 18.4. The Morgan fingerprint density at radius 1 is 1.00 bits per heavy atom. The number of thioether (sulfide) groups is 1. The second-order valence-electron chi connectivity index (χ2n) is 7.86. The molecule has 0 unspecified atom stereocenters. The third-order valence-electron chi connectivity index (χ3n) is 5.50. The Labute approximate surface area is 197 Å². The molecule has 1 fully saturated rings. The number of nitrogens with zero attached hydrogens (tertiary/aromatic N) is 2.